The second-order valence-corrected chi connectivity index (χ2v) is 4.25. The monoisotopic (exact) mass is 224 g/mol. The van der Waals surface area contributed by atoms with Crippen molar-refractivity contribution in [1.82, 2.24) is 0 Å². The second kappa shape index (κ2) is 7.49. The average Bonchev–Trinajstić information content (AvgIpc) is 2.30. The minimum Gasteiger partial charge on any atom is -0.382 e. The first-order valence-electron chi connectivity index (χ1n) is 5.12. The van der Waals surface area contributed by atoms with Gasteiger partial charge in [0.1, 0.15) is 6.29 Å². The number of hydrogen-bond acceptors (Lipinski definition) is 3. The lowest BCUT2D eigenvalue weighted by Gasteiger charge is -2.02. The van der Waals surface area contributed by atoms with Gasteiger partial charge in [0, 0.05) is 29.4 Å². The molecule has 0 spiro atoms. The molecule has 0 aromatic heterocycles. The van der Waals surface area contributed by atoms with E-state index in [4.69, 9.17) is 4.74 Å². The molecule has 0 saturated heterocycles. The van der Waals surface area contributed by atoms with Crippen molar-refractivity contribution in [2.75, 3.05) is 19.0 Å². The van der Waals surface area contributed by atoms with Crippen molar-refractivity contribution < 1.29 is 9.53 Å². The van der Waals surface area contributed by atoms with Crippen molar-refractivity contribution in [3.63, 3.8) is 0 Å². The molecule has 0 aliphatic heterocycles. The summed E-state index contributed by atoms with van der Waals surface area (Å²) in [6.45, 7) is 3.62. The van der Waals surface area contributed by atoms with Gasteiger partial charge in [-0.15, -0.1) is 11.8 Å². The van der Waals surface area contributed by atoms with Crippen LogP contribution in [0, 0.1) is 0 Å². The van der Waals surface area contributed by atoms with E-state index < -0.39 is 0 Å². The van der Waals surface area contributed by atoms with Crippen molar-refractivity contribution in [3.05, 3.63) is 29.8 Å². The number of carbonyl (C=O) groups excluding carboxylic acids is 1. The fourth-order valence-corrected chi connectivity index (χ4v) is 1.96. The summed E-state index contributed by atoms with van der Waals surface area (Å²) in [5.41, 5.74) is 0.730. The fraction of sp³-hybridized carbons (Fsp3) is 0.417. The molecule has 82 valence electrons. The van der Waals surface area contributed by atoms with Crippen LogP contribution in [0.25, 0.3) is 0 Å². The van der Waals surface area contributed by atoms with Crippen LogP contribution in [0.3, 0.4) is 0 Å². The van der Waals surface area contributed by atoms with E-state index in [1.54, 1.807) is 11.8 Å². The Bertz CT molecular complexity index is 282. The third-order valence-corrected chi connectivity index (χ3v) is 3.02. The summed E-state index contributed by atoms with van der Waals surface area (Å²) in [6, 6.07) is 7.65. The Morgan fingerprint density at radius 3 is 2.67 bits per heavy atom. The lowest BCUT2D eigenvalue weighted by atomic mass is 10.2. The molecule has 15 heavy (non-hydrogen) atoms. The van der Waals surface area contributed by atoms with Crippen molar-refractivity contribution in [2.45, 2.75) is 18.2 Å². The number of ether oxygens (including phenoxy) is 1. The number of aldehydes is 1. The van der Waals surface area contributed by atoms with Gasteiger partial charge >= 0.3 is 0 Å². The highest BCUT2D eigenvalue weighted by molar-refractivity contribution is 7.99. The lowest BCUT2D eigenvalue weighted by molar-refractivity contribution is 0.112. The summed E-state index contributed by atoms with van der Waals surface area (Å²) in [7, 11) is 0. The Kier molecular flexibility index (Phi) is 6.12. The molecule has 0 N–H and O–H groups in total. The second-order valence-electron chi connectivity index (χ2n) is 3.09. The molecule has 1 aromatic rings. The van der Waals surface area contributed by atoms with Crippen molar-refractivity contribution in [2.24, 2.45) is 0 Å². The first-order chi connectivity index (χ1) is 7.36. The van der Waals surface area contributed by atoms with Crippen molar-refractivity contribution >= 4 is 18.0 Å². The van der Waals surface area contributed by atoms with E-state index in [0.717, 1.165) is 37.2 Å². The smallest absolute Gasteiger partial charge is 0.150 e. The van der Waals surface area contributed by atoms with Crippen LogP contribution in [-0.2, 0) is 4.74 Å². The van der Waals surface area contributed by atoms with Crippen molar-refractivity contribution in [3.8, 4) is 0 Å². The Labute approximate surface area is 95.0 Å². The van der Waals surface area contributed by atoms with Gasteiger partial charge in [-0.25, -0.2) is 0 Å². The summed E-state index contributed by atoms with van der Waals surface area (Å²) < 4.78 is 5.25. The van der Waals surface area contributed by atoms with Crippen LogP contribution in [0.15, 0.2) is 29.2 Å². The molecule has 2 nitrogen and oxygen atoms in total. The maximum absolute atomic E-state index is 10.4. The zero-order valence-electron chi connectivity index (χ0n) is 8.94. The molecule has 3 heteroatoms. The largest absolute Gasteiger partial charge is 0.382 e. The Morgan fingerprint density at radius 1 is 1.33 bits per heavy atom. The Morgan fingerprint density at radius 2 is 2.07 bits per heavy atom. The number of thioether (sulfide) groups is 1. The molecule has 0 fully saturated rings. The molecule has 0 bridgehead atoms. The van der Waals surface area contributed by atoms with Gasteiger partial charge in [0.25, 0.3) is 0 Å². The number of carbonyl (C=O) groups is 1. The Hall–Kier alpha value is -0.800. The molecule has 0 heterocycles. The molecule has 0 aliphatic carbocycles. The number of benzene rings is 1. The first-order valence-corrected chi connectivity index (χ1v) is 6.11. The zero-order valence-corrected chi connectivity index (χ0v) is 9.76. The summed E-state index contributed by atoms with van der Waals surface area (Å²) in [5, 5.41) is 0. The highest BCUT2D eigenvalue weighted by atomic mass is 32.2. The lowest BCUT2D eigenvalue weighted by Crippen LogP contribution is -1.94. The SMILES string of the molecule is CCOCCCSc1ccc(C=O)cc1. The van der Waals surface area contributed by atoms with Crippen LogP contribution in [-0.4, -0.2) is 25.3 Å². The third-order valence-electron chi connectivity index (χ3n) is 1.92. The zero-order chi connectivity index (χ0) is 10.9. The summed E-state index contributed by atoms with van der Waals surface area (Å²) >= 11 is 1.79. The number of rotatable bonds is 7. The molecular weight excluding hydrogens is 208 g/mol. The van der Waals surface area contributed by atoms with E-state index in [-0.39, 0.29) is 0 Å². The topological polar surface area (TPSA) is 26.3 Å². The molecular formula is C12H16O2S. The van der Waals surface area contributed by atoms with E-state index in [9.17, 15) is 4.79 Å². The Balaban J connectivity index is 2.22. The first kappa shape index (κ1) is 12.3. The standard InChI is InChI=1S/C12H16O2S/c1-2-14-8-3-9-15-12-6-4-11(10-13)5-7-12/h4-7,10H,2-3,8-9H2,1H3. The summed E-state index contributed by atoms with van der Waals surface area (Å²) in [6.07, 6.45) is 1.93. The van der Waals surface area contributed by atoms with E-state index in [0.29, 0.717) is 0 Å². The third kappa shape index (κ3) is 5.00. The van der Waals surface area contributed by atoms with Crippen molar-refractivity contribution in [1.29, 1.82) is 0 Å². The van der Waals surface area contributed by atoms with Crippen LogP contribution in [0.1, 0.15) is 23.7 Å². The van der Waals surface area contributed by atoms with E-state index in [1.807, 2.05) is 31.2 Å². The molecule has 0 unspecified atom stereocenters. The maximum atomic E-state index is 10.4. The van der Waals surface area contributed by atoms with Gasteiger partial charge in [0.15, 0.2) is 0 Å². The predicted molar refractivity (Wildman–Crippen MR) is 63.7 cm³/mol. The minimum atomic E-state index is 0.730. The van der Waals surface area contributed by atoms with Crippen LogP contribution in [0.5, 0.6) is 0 Å². The normalized spacial score (nSPS) is 10.2. The van der Waals surface area contributed by atoms with Crippen LogP contribution < -0.4 is 0 Å². The highest BCUT2D eigenvalue weighted by Crippen LogP contribution is 2.18. The quantitative estimate of drug-likeness (QED) is 0.404. The van der Waals surface area contributed by atoms with Gasteiger partial charge in [-0.2, -0.15) is 0 Å². The van der Waals surface area contributed by atoms with Crippen LogP contribution in [0.2, 0.25) is 0 Å². The van der Waals surface area contributed by atoms with Gasteiger partial charge < -0.3 is 4.74 Å². The van der Waals surface area contributed by atoms with Gasteiger partial charge in [-0.05, 0) is 25.5 Å². The molecule has 0 saturated carbocycles. The van der Waals surface area contributed by atoms with E-state index in [1.165, 1.54) is 4.90 Å². The van der Waals surface area contributed by atoms with Gasteiger partial charge in [0.05, 0.1) is 0 Å². The van der Waals surface area contributed by atoms with Gasteiger partial charge in [-0.3, -0.25) is 4.79 Å². The van der Waals surface area contributed by atoms with Gasteiger partial charge in [0.2, 0.25) is 0 Å². The van der Waals surface area contributed by atoms with E-state index in [2.05, 4.69) is 0 Å². The molecule has 0 radical (unpaired) electrons. The molecule has 0 aliphatic rings. The van der Waals surface area contributed by atoms with E-state index >= 15 is 0 Å². The fourth-order valence-electron chi connectivity index (χ4n) is 1.14. The molecule has 0 atom stereocenters. The number of hydrogen-bond donors (Lipinski definition) is 0. The van der Waals surface area contributed by atoms with Gasteiger partial charge in [-0.1, -0.05) is 12.1 Å². The molecule has 0 amide bonds. The molecule has 1 aromatic carbocycles. The highest BCUT2D eigenvalue weighted by Gasteiger charge is 1.94. The predicted octanol–water partition coefficient (Wildman–Crippen LogP) is 3.02. The summed E-state index contributed by atoms with van der Waals surface area (Å²) in [5.74, 6) is 1.06. The van der Waals surface area contributed by atoms with Crippen LogP contribution >= 0.6 is 11.8 Å². The molecule has 1 rings (SSSR count). The van der Waals surface area contributed by atoms with Crippen LogP contribution in [0.4, 0.5) is 0 Å². The average molecular weight is 224 g/mol. The summed E-state index contributed by atoms with van der Waals surface area (Å²) in [4.78, 5) is 11.6. The minimum absolute atomic E-state index is 0.730. The maximum Gasteiger partial charge on any atom is 0.150 e.